The molecule has 0 aromatic heterocycles. The van der Waals surface area contributed by atoms with E-state index in [1.165, 1.54) is 0 Å². The molecule has 1 N–H and O–H groups in total. The number of benzene rings is 2. The summed E-state index contributed by atoms with van der Waals surface area (Å²) < 4.78 is 32.9. The molecule has 6 heteroatoms. The lowest BCUT2D eigenvalue weighted by Crippen LogP contribution is -2.27. The Balaban J connectivity index is 2.23. The van der Waals surface area contributed by atoms with E-state index in [-0.39, 0.29) is 10.9 Å². The van der Waals surface area contributed by atoms with Crippen LogP contribution in [-0.2, 0) is 10.0 Å². The van der Waals surface area contributed by atoms with Gasteiger partial charge in [-0.15, -0.1) is 11.8 Å². The Morgan fingerprint density at radius 3 is 2.32 bits per heavy atom. The highest BCUT2D eigenvalue weighted by Crippen LogP contribution is 2.26. The first-order chi connectivity index (χ1) is 10.5. The van der Waals surface area contributed by atoms with Crippen LogP contribution in [0.1, 0.15) is 18.5 Å². The molecule has 0 aliphatic heterocycles. The molecule has 0 amide bonds. The molecule has 2 aromatic carbocycles. The minimum absolute atomic E-state index is 0.257. The maximum Gasteiger partial charge on any atom is 0.241 e. The third kappa shape index (κ3) is 3.82. The number of hydrogen-bond donors (Lipinski definition) is 1. The first-order valence-corrected chi connectivity index (χ1v) is 9.48. The van der Waals surface area contributed by atoms with Crippen LogP contribution in [0.3, 0.4) is 0 Å². The average molecular weight is 337 g/mol. The van der Waals surface area contributed by atoms with E-state index in [1.807, 2.05) is 30.5 Å². The monoisotopic (exact) mass is 337 g/mol. The fourth-order valence-electron chi connectivity index (χ4n) is 2.14. The van der Waals surface area contributed by atoms with Crippen molar-refractivity contribution in [1.29, 1.82) is 0 Å². The minimum Gasteiger partial charge on any atom is -0.496 e. The molecular formula is C16H19NO3S2. The molecule has 0 heterocycles. The average Bonchev–Trinajstić information content (AvgIpc) is 2.54. The molecule has 0 aliphatic rings. The summed E-state index contributed by atoms with van der Waals surface area (Å²) in [5.41, 5.74) is 0.800. The topological polar surface area (TPSA) is 55.4 Å². The Morgan fingerprint density at radius 2 is 1.73 bits per heavy atom. The molecule has 0 unspecified atom stereocenters. The molecule has 2 rings (SSSR count). The van der Waals surface area contributed by atoms with Crippen LogP contribution >= 0.6 is 11.8 Å². The molecular weight excluding hydrogens is 318 g/mol. The van der Waals surface area contributed by atoms with E-state index in [0.717, 1.165) is 10.5 Å². The van der Waals surface area contributed by atoms with Crippen molar-refractivity contribution < 1.29 is 13.2 Å². The molecule has 0 fully saturated rings. The van der Waals surface area contributed by atoms with Crippen molar-refractivity contribution in [2.75, 3.05) is 13.4 Å². The predicted molar refractivity (Wildman–Crippen MR) is 90.0 cm³/mol. The van der Waals surface area contributed by atoms with Crippen molar-refractivity contribution in [3.63, 3.8) is 0 Å². The molecule has 22 heavy (non-hydrogen) atoms. The van der Waals surface area contributed by atoms with E-state index in [0.29, 0.717) is 5.75 Å². The highest BCUT2D eigenvalue weighted by molar-refractivity contribution is 7.98. The van der Waals surface area contributed by atoms with Gasteiger partial charge in [0, 0.05) is 16.5 Å². The van der Waals surface area contributed by atoms with Crippen LogP contribution in [0.5, 0.6) is 5.75 Å². The first-order valence-electron chi connectivity index (χ1n) is 6.77. The quantitative estimate of drug-likeness (QED) is 0.820. The van der Waals surface area contributed by atoms with Crippen LogP contribution in [-0.4, -0.2) is 21.8 Å². The summed E-state index contributed by atoms with van der Waals surface area (Å²) in [4.78, 5) is 1.28. The van der Waals surface area contributed by atoms with E-state index in [2.05, 4.69) is 4.72 Å². The van der Waals surface area contributed by atoms with Gasteiger partial charge in [0.05, 0.1) is 12.0 Å². The third-order valence-corrected chi connectivity index (χ3v) is 5.61. The van der Waals surface area contributed by atoms with Gasteiger partial charge in [-0.25, -0.2) is 13.1 Å². The van der Waals surface area contributed by atoms with Crippen LogP contribution in [0.2, 0.25) is 0 Å². The largest absolute Gasteiger partial charge is 0.496 e. The normalized spacial score (nSPS) is 12.9. The van der Waals surface area contributed by atoms with Crippen LogP contribution in [0.25, 0.3) is 0 Å². The molecule has 0 bridgehead atoms. The summed E-state index contributed by atoms with van der Waals surface area (Å²) >= 11 is 1.57. The second kappa shape index (κ2) is 7.17. The van der Waals surface area contributed by atoms with Gasteiger partial charge in [-0.3, -0.25) is 0 Å². The number of thioether (sulfide) groups is 1. The fourth-order valence-corrected chi connectivity index (χ4v) is 3.77. The lowest BCUT2D eigenvalue weighted by molar-refractivity contribution is 0.405. The summed E-state index contributed by atoms with van der Waals surface area (Å²) in [6.07, 6.45) is 1.95. The van der Waals surface area contributed by atoms with E-state index in [9.17, 15) is 8.42 Å². The van der Waals surface area contributed by atoms with Gasteiger partial charge in [0.1, 0.15) is 5.75 Å². The highest BCUT2D eigenvalue weighted by atomic mass is 32.2. The lowest BCUT2D eigenvalue weighted by Gasteiger charge is -2.17. The van der Waals surface area contributed by atoms with Gasteiger partial charge < -0.3 is 4.74 Å². The Morgan fingerprint density at radius 1 is 1.09 bits per heavy atom. The van der Waals surface area contributed by atoms with Crippen molar-refractivity contribution in [1.82, 2.24) is 4.72 Å². The van der Waals surface area contributed by atoms with Crippen molar-refractivity contribution in [2.45, 2.75) is 22.8 Å². The molecule has 0 saturated carbocycles. The molecule has 0 spiro atoms. The highest BCUT2D eigenvalue weighted by Gasteiger charge is 2.20. The first kappa shape index (κ1) is 16.9. The fraction of sp³-hybridized carbons (Fsp3) is 0.250. The minimum atomic E-state index is -3.57. The Bertz CT molecular complexity index is 727. The number of methoxy groups -OCH3 is 1. The zero-order valence-electron chi connectivity index (χ0n) is 12.7. The van der Waals surface area contributed by atoms with Crippen molar-refractivity contribution >= 4 is 21.8 Å². The Kier molecular flexibility index (Phi) is 5.50. The van der Waals surface area contributed by atoms with Gasteiger partial charge in [-0.2, -0.15) is 0 Å². The van der Waals surface area contributed by atoms with Crippen LogP contribution in [0, 0.1) is 0 Å². The van der Waals surface area contributed by atoms with Gasteiger partial charge >= 0.3 is 0 Å². The molecule has 118 valence electrons. The van der Waals surface area contributed by atoms with Crippen molar-refractivity contribution in [2.24, 2.45) is 0 Å². The molecule has 2 aromatic rings. The van der Waals surface area contributed by atoms with Gasteiger partial charge in [0.25, 0.3) is 0 Å². The second-order valence-electron chi connectivity index (χ2n) is 4.76. The molecule has 0 radical (unpaired) electrons. The summed E-state index contributed by atoms with van der Waals surface area (Å²) in [6, 6.07) is 13.8. The van der Waals surface area contributed by atoms with E-state index < -0.39 is 10.0 Å². The molecule has 0 aliphatic carbocycles. The van der Waals surface area contributed by atoms with Crippen molar-refractivity contribution in [3.8, 4) is 5.75 Å². The number of nitrogens with one attached hydrogen (secondary N) is 1. The number of hydrogen-bond acceptors (Lipinski definition) is 4. The van der Waals surface area contributed by atoms with Crippen LogP contribution < -0.4 is 9.46 Å². The van der Waals surface area contributed by atoms with E-state index in [1.54, 1.807) is 50.1 Å². The van der Waals surface area contributed by atoms with Gasteiger partial charge in [-0.05, 0) is 43.5 Å². The zero-order valence-corrected chi connectivity index (χ0v) is 14.4. The number of para-hydroxylation sites is 1. The molecule has 0 saturated heterocycles. The van der Waals surface area contributed by atoms with E-state index in [4.69, 9.17) is 4.74 Å². The van der Waals surface area contributed by atoms with E-state index >= 15 is 0 Å². The smallest absolute Gasteiger partial charge is 0.241 e. The molecule has 4 nitrogen and oxygen atoms in total. The molecule has 1 atom stereocenters. The van der Waals surface area contributed by atoms with Crippen LogP contribution in [0.15, 0.2) is 58.3 Å². The number of rotatable bonds is 6. The van der Waals surface area contributed by atoms with Crippen LogP contribution in [0.4, 0.5) is 0 Å². The standard InChI is InChI=1S/C16H19NO3S2/c1-12(15-6-4-5-7-16(15)20-2)17-22(18,19)14-10-8-13(21-3)9-11-14/h4-12,17H,1-3H3/t12-/m0/s1. The van der Waals surface area contributed by atoms with Gasteiger partial charge in [-0.1, -0.05) is 18.2 Å². The lowest BCUT2D eigenvalue weighted by atomic mass is 10.1. The van der Waals surface area contributed by atoms with Gasteiger partial charge in [0.15, 0.2) is 0 Å². The predicted octanol–water partition coefficient (Wildman–Crippen LogP) is 3.46. The van der Waals surface area contributed by atoms with Gasteiger partial charge in [0.2, 0.25) is 10.0 Å². The maximum absolute atomic E-state index is 12.5. The summed E-state index contributed by atoms with van der Waals surface area (Å²) in [7, 11) is -2.00. The third-order valence-electron chi connectivity index (χ3n) is 3.31. The maximum atomic E-state index is 12.5. The zero-order chi connectivity index (χ0) is 16.2. The summed E-state index contributed by atoms with van der Waals surface area (Å²) in [6.45, 7) is 1.80. The second-order valence-corrected chi connectivity index (χ2v) is 7.35. The van der Waals surface area contributed by atoms with Crippen molar-refractivity contribution in [3.05, 3.63) is 54.1 Å². The Labute approximate surface area is 135 Å². The Hall–Kier alpha value is -1.50. The number of sulfonamides is 1. The summed E-state index contributed by atoms with van der Waals surface area (Å²) in [5, 5.41) is 0. The SMILES string of the molecule is COc1ccccc1[C@H](C)NS(=O)(=O)c1ccc(SC)cc1. The summed E-state index contributed by atoms with van der Waals surface area (Å²) in [5.74, 6) is 0.662. The number of ether oxygens (including phenoxy) is 1.